The zero-order chi connectivity index (χ0) is 18.1. The summed E-state index contributed by atoms with van der Waals surface area (Å²) >= 11 is 0. The van der Waals surface area contributed by atoms with E-state index in [4.69, 9.17) is 4.74 Å². The van der Waals surface area contributed by atoms with Crippen molar-refractivity contribution in [2.45, 2.75) is 6.04 Å². The summed E-state index contributed by atoms with van der Waals surface area (Å²) in [6.45, 7) is 1.04. The van der Waals surface area contributed by atoms with Gasteiger partial charge >= 0.3 is 11.8 Å². The summed E-state index contributed by atoms with van der Waals surface area (Å²) in [5.74, 6) is -1.28. The number of carbonyl (C=O) groups is 2. The molecule has 1 unspecified atom stereocenters. The number of carbonyl (C=O) groups excluding carboxylic acids is 2. The minimum atomic E-state index is -0.646. The third kappa shape index (κ3) is 6.17. The Labute approximate surface area is 144 Å². The molecule has 0 radical (unpaired) electrons. The van der Waals surface area contributed by atoms with E-state index in [0.717, 1.165) is 11.3 Å². The van der Waals surface area contributed by atoms with Crippen molar-refractivity contribution in [1.82, 2.24) is 15.5 Å². The largest absolute Gasteiger partial charge is 0.383 e. The molecule has 0 aliphatic rings. The predicted molar refractivity (Wildman–Crippen MR) is 95.1 cm³/mol. The first-order chi connectivity index (χ1) is 11.4. The van der Waals surface area contributed by atoms with Crippen LogP contribution in [0.15, 0.2) is 24.3 Å². The standard InChI is InChI=1S/C17H28N4O3/c1-20(2)14-8-6-13(7-9-14)15(21(3)4)12-19-17(23)16(22)18-10-11-24-5/h6-9,15H,10-12H2,1-5H3,(H,18,22)(H,19,23). The molecule has 0 spiro atoms. The van der Waals surface area contributed by atoms with Crippen molar-refractivity contribution in [2.75, 3.05) is 59.9 Å². The quantitative estimate of drug-likeness (QED) is 0.525. The number of likely N-dealkylation sites (N-methyl/N-ethyl adjacent to an activating group) is 1. The molecule has 7 heteroatoms. The van der Waals surface area contributed by atoms with Gasteiger partial charge in [-0.3, -0.25) is 9.59 Å². The highest BCUT2D eigenvalue weighted by molar-refractivity contribution is 6.35. The first-order valence-electron chi connectivity index (χ1n) is 7.85. The fourth-order valence-electron chi connectivity index (χ4n) is 2.21. The van der Waals surface area contributed by atoms with Gasteiger partial charge in [-0.2, -0.15) is 0 Å². The van der Waals surface area contributed by atoms with Crippen molar-refractivity contribution in [1.29, 1.82) is 0 Å². The Kier molecular flexibility index (Phi) is 8.21. The zero-order valence-corrected chi connectivity index (χ0v) is 15.1. The van der Waals surface area contributed by atoms with Crippen molar-refractivity contribution in [2.24, 2.45) is 0 Å². The molecule has 2 N–H and O–H groups in total. The van der Waals surface area contributed by atoms with Crippen LogP contribution >= 0.6 is 0 Å². The summed E-state index contributed by atoms with van der Waals surface area (Å²) in [4.78, 5) is 27.5. The van der Waals surface area contributed by atoms with E-state index in [-0.39, 0.29) is 6.04 Å². The maximum absolute atomic E-state index is 11.8. The van der Waals surface area contributed by atoms with Crippen molar-refractivity contribution < 1.29 is 14.3 Å². The Morgan fingerprint density at radius 1 is 1.04 bits per heavy atom. The lowest BCUT2D eigenvalue weighted by Crippen LogP contribution is -2.43. The molecule has 134 valence electrons. The van der Waals surface area contributed by atoms with Gasteiger partial charge in [-0.1, -0.05) is 12.1 Å². The Balaban J connectivity index is 2.63. The van der Waals surface area contributed by atoms with Gasteiger partial charge in [0.2, 0.25) is 0 Å². The molecule has 0 heterocycles. The molecule has 0 saturated heterocycles. The molecular formula is C17H28N4O3. The van der Waals surface area contributed by atoms with Crippen LogP contribution in [0.25, 0.3) is 0 Å². The highest BCUT2D eigenvalue weighted by atomic mass is 16.5. The van der Waals surface area contributed by atoms with E-state index >= 15 is 0 Å². The number of anilines is 1. The number of nitrogens with zero attached hydrogens (tertiary/aromatic N) is 2. The minimum Gasteiger partial charge on any atom is -0.383 e. The Morgan fingerprint density at radius 3 is 2.12 bits per heavy atom. The van der Waals surface area contributed by atoms with Gasteiger partial charge in [0.15, 0.2) is 0 Å². The molecule has 24 heavy (non-hydrogen) atoms. The lowest BCUT2D eigenvalue weighted by Gasteiger charge is -2.25. The highest BCUT2D eigenvalue weighted by Gasteiger charge is 2.18. The Morgan fingerprint density at radius 2 is 1.62 bits per heavy atom. The van der Waals surface area contributed by atoms with Gasteiger partial charge in [0.05, 0.1) is 12.6 Å². The van der Waals surface area contributed by atoms with E-state index in [0.29, 0.717) is 19.7 Å². The summed E-state index contributed by atoms with van der Waals surface area (Å²) in [5.41, 5.74) is 2.18. The number of rotatable bonds is 8. The van der Waals surface area contributed by atoms with Crippen molar-refractivity contribution in [3.8, 4) is 0 Å². The maximum Gasteiger partial charge on any atom is 0.309 e. The fraction of sp³-hybridized carbons (Fsp3) is 0.529. The van der Waals surface area contributed by atoms with Crippen molar-refractivity contribution >= 4 is 17.5 Å². The lowest BCUT2D eigenvalue weighted by atomic mass is 10.1. The number of methoxy groups -OCH3 is 1. The average molecular weight is 336 g/mol. The normalized spacial score (nSPS) is 11.9. The van der Waals surface area contributed by atoms with Gasteiger partial charge in [-0.15, -0.1) is 0 Å². The molecular weight excluding hydrogens is 308 g/mol. The topological polar surface area (TPSA) is 73.9 Å². The molecule has 1 atom stereocenters. The van der Waals surface area contributed by atoms with Crippen LogP contribution in [0.1, 0.15) is 11.6 Å². The molecule has 0 fully saturated rings. The van der Waals surface area contributed by atoms with E-state index < -0.39 is 11.8 Å². The number of amides is 2. The van der Waals surface area contributed by atoms with Crippen LogP contribution in [0.4, 0.5) is 5.69 Å². The first-order valence-corrected chi connectivity index (χ1v) is 7.85. The van der Waals surface area contributed by atoms with Crippen LogP contribution in [-0.2, 0) is 14.3 Å². The van der Waals surface area contributed by atoms with Crippen LogP contribution < -0.4 is 15.5 Å². The third-order valence-corrected chi connectivity index (χ3v) is 3.67. The second-order valence-corrected chi connectivity index (χ2v) is 5.92. The van der Waals surface area contributed by atoms with E-state index in [1.54, 1.807) is 0 Å². The van der Waals surface area contributed by atoms with Gasteiger partial charge < -0.3 is 25.2 Å². The third-order valence-electron chi connectivity index (χ3n) is 3.67. The second kappa shape index (κ2) is 9.89. The van der Waals surface area contributed by atoms with Gasteiger partial charge in [-0.25, -0.2) is 0 Å². The van der Waals surface area contributed by atoms with E-state index in [9.17, 15) is 9.59 Å². The van der Waals surface area contributed by atoms with Gasteiger partial charge in [0.1, 0.15) is 0 Å². The number of hydrogen-bond acceptors (Lipinski definition) is 5. The average Bonchev–Trinajstić information content (AvgIpc) is 2.55. The van der Waals surface area contributed by atoms with Gasteiger partial charge in [0, 0.05) is 40.0 Å². The molecule has 1 aromatic rings. The molecule has 2 amide bonds. The van der Waals surface area contributed by atoms with Crippen molar-refractivity contribution in [3.63, 3.8) is 0 Å². The second-order valence-electron chi connectivity index (χ2n) is 5.92. The summed E-state index contributed by atoms with van der Waals surface area (Å²) in [6, 6.07) is 8.11. The minimum absolute atomic E-state index is 0.0167. The molecule has 0 bridgehead atoms. The fourth-order valence-corrected chi connectivity index (χ4v) is 2.21. The monoisotopic (exact) mass is 336 g/mol. The summed E-state index contributed by atoms with van der Waals surface area (Å²) in [7, 11) is 9.39. The highest BCUT2D eigenvalue weighted by Crippen LogP contribution is 2.20. The van der Waals surface area contributed by atoms with Crippen molar-refractivity contribution in [3.05, 3.63) is 29.8 Å². The van der Waals surface area contributed by atoms with Crippen LogP contribution in [0, 0.1) is 0 Å². The molecule has 0 aliphatic heterocycles. The number of nitrogens with one attached hydrogen (secondary N) is 2. The molecule has 1 aromatic carbocycles. The van der Waals surface area contributed by atoms with E-state index in [1.807, 2.05) is 62.3 Å². The Bertz CT molecular complexity index is 529. The van der Waals surface area contributed by atoms with Gasteiger partial charge in [-0.05, 0) is 31.8 Å². The number of ether oxygens (including phenoxy) is 1. The predicted octanol–water partition coefficient (Wildman–Crippen LogP) is 0.234. The smallest absolute Gasteiger partial charge is 0.309 e. The summed E-state index contributed by atoms with van der Waals surface area (Å²) in [6.07, 6.45) is 0. The Hall–Kier alpha value is -2.12. The van der Waals surface area contributed by atoms with Crippen LogP contribution in [0.5, 0.6) is 0 Å². The summed E-state index contributed by atoms with van der Waals surface area (Å²) in [5, 5.41) is 5.18. The van der Waals surface area contributed by atoms with E-state index in [1.165, 1.54) is 7.11 Å². The lowest BCUT2D eigenvalue weighted by molar-refractivity contribution is -0.139. The molecule has 0 aliphatic carbocycles. The number of hydrogen-bond donors (Lipinski definition) is 2. The molecule has 0 aromatic heterocycles. The van der Waals surface area contributed by atoms with Crippen LogP contribution in [0.2, 0.25) is 0 Å². The first kappa shape index (κ1) is 19.9. The van der Waals surface area contributed by atoms with Crippen LogP contribution in [0.3, 0.4) is 0 Å². The zero-order valence-electron chi connectivity index (χ0n) is 15.1. The SMILES string of the molecule is COCCNC(=O)C(=O)NCC(c1ccc(N(C)C)cc1)N(C)C. The van der Waals surface area contributed by atoms with E-state index in [2.05, 4.69) is 10.6 Å². The molecule has 7 nitrogen and oxygen atoms in total. The summed E-state index contributed by atoms with van der Waals surface area (Å²) < 4.78 is 4.83. The van der Waals surface area contributed by atoms with Gasteiger partial charge in [0.25, 0.3) is 0 Å². The molecule has 1 rings (SSSR count). The van der Waals surface area contributed by atoms with Crippen LogP contribution in [-0.4, -0.2) is 71.7 Å². The maximum atomic E-state index is 11.8. The molecule has 0 saturated carbocycles. The number of benzene rings is 1.